The number of nitrogens with zero attached hydrogens (tertiary/aromatic N) is 2. The van der Waals surface area contributed by atoms with Crippen LogP contribution < -0.4 is 4.74 Å². The quantitative estimate of drug-likeness (QED) is 0.817. The van der Waals surface area contributed by atoms with E-state index in [-0.39, 0.29) is 0 Å². The van der Waals surface area contributed by atoms with Crippen molar-refractivity contribution < 1.29 is 4.74 Å². The maximum atomic E-state index is 8.87. The van der Waals surface area contributed by atoms with Crippen LogP contribution in [0.5, 0.6) is 5.75 Å². The Morgan fingerprint density at radius 3 is 2.78 bits per heavy atom. The Hall–Kier alpha value is -1.53. The summed E-state index contributed by atoms with van der Waals surface area (Å²) in [6, 6.07) is 7.73. The summed E-state index contributed by atoms with van der Waals surface area (Å²) < 4.78 is 5.79. The van der Waals surface area contributed by atoms with Gasteiger partial charge in [-0.2, -0.15) is 5.26 Å². The molecule has 0 saturated carbocycles. The second-order valence-corrected chi connectivity index (χ2v) is 4.84. The highest BCUT2D eigenvalue weighted by atomic mass is 16.5. The minimum absolute atomic E-state index is 0.661. The second-order valence-electron chi connectivity index (χ2n) is 4.84. The van der Waals surface area contributed by atoms with E-state index in [1.54, 1.807) is 0 Å². The van der Waals surface area contributed by atoms with Crippen LogP contribution in [0.2, 0.25) is 0 Å². The van der Waals surface area contributed by atoms with Crippen molar-refractivity contribution in [3.05, 3.63) is 29.3 Å². The van der Waals surface area contributed by atoms with E-state index in [9.17, 15) is 0 Å². The summed E-state index contributed by atoms with van der Waals surface area (Å²) in [6.45, 7) is 6.09. The molecule has 1 aromatic rings. The van der Waals surface area contributed by atoms with E-state index >= 15 is 0 Å². The molecule has 2 rings (SSSR count). The average Bonchev–Trinajstić information content (AvgIpc) is 2.42. The van der Waals surface area contributed by atoms with E-state index in [0.717, 1.165) is 17.9 Å². The lowest BCUT2D eigenvalue weighted by atomic mass is 10.1. The van der Waals surface area contributed by atoms with Gasteiger partial charge in [0.1, 0.15) is 12.4 Å². The fourth-order valence-electron chi connectivity index (χ4n) is 2.29. The molecule has 0 spiro atoms. The van der Waals surface area contributed by atoms with Gasteiger partial charge in [0, 0.05) is 6.54 Å². The highest BCUT2D eigenvalue weighted by Gasteiger charge is 2.10. The van der Waals surface area contributed by atoms with Crippen molar-refractivity contribution in [3.8, 4) is 11.8 Å². The molecule has 1 saturated heterocycles. The Morgan fingerprint density at radius 2 is 2.06 bits per heavy atom. The zero-order valence-electron chi connectivity index (χ0n) is 11.0. The van der Waals surface area contributed by atoms with E-state index in [1.807, 2.05) is 25.1 Å². The van der Waals surface area contributed by atoms with E-state index in [2.05, 4.69) is 11.0 Å². The van der Waals surface area contributed by atoms with Gasteiger partial charge in [0.2, 0.25) is 0 Å². The van der Waals surface area contributed by atoms with Gasteiger partial charge < -0.3 is 4.74 Å². The predicted molar refractivity (Wildman–Crippen MR) is 71.7 cm³/mol. The van der Waals surface area contributed by atoms with Gasteiger partial charge in [-0.3, -0.25) is 4.90 Å². The Kier molecular flexibility index (Phi) is 4.60. The fourth-order valence-corrected chi connectivity index (χ4v) is 2.29. The van der Waals surface area contributed by atoms with Crippen LogP contribution in [0.1, 0.15) is 30.4 Å². The molecule has 18 heavy (non-hydrogen) atoms. The van der Waals surface area contributed by atoms with Crippen LogP contribution in [-0.4, -0.2) is 31.1 Å². The number of nitriles is 1. The molecule has 0 bridgehead atoms. The number of likely N-dealkylation sites (tertiary alicyclic amines) is 1. The highest BCUT2D eigenvalue weighted by Crippen LogP contribution is 2.19. The number of aryl methyl sites for hydroxylation is 1. The molecular weight excluding hydrogens is 224 g/mol. The lowest BCUT2D eigenvalue weighted by Crippen LogP contribution is -2.33. The average molecular weight is 244 g/mol. The molecule has 1 aromatic carbocycles. The SMILES string of the molecule is Cc1ccc(C#N)cc1OCCN1CCCCC1. The molecule has 3 nitrogen and oxygen atoms in total. The van der Waals surface area contributed by atoms with Crippen LogP contribution in [0.15, 0.2) is 18.2 Å². The monoisotopic (exact) mass is 244 g/mol. The molecular formula is C15H20N2O. The minimum Gasteiger partial charge on any atom is -0.492 e. The lowest BCUT2D eigenvalue weighted by molar-refractivity contribution is 0.183. The Balaban J connectivity index is 1.84. The van der Waals surface area contributed by atoms with Crippen molar-refractivity contribution >= 4 is 0 Å². The zero-order valence-corrected chi connectivity index (χ0v) is 11.0. The third-order valence-corrected chi connectivity index (χ3v) is 3.43. The topological polar surface area (TPSA) is 36.3 Å². The van der Waals surface area contributed by atoms with Gasteiger partial charge in [-0.15, -0.1) is 0 Å². The van der Waals surface area contributed by atoms with Crippen molar-refractivity contribution in [2.45, 2.75) is 26.2 Å². The van der Waals surface area contributed by atoms with E-state index < -0.39 is 0 Å². The van der Waals surface area contributed by atoms with Crippen molar-refractivity contribution in [3.63, 3.8) is 0 Å². The first-order valence-electron chi connectivity index (χ1n) is 6.65. The van der Waals surface area contributed by atoms with Gasteiger partial charge in [0.05, 0.1) is 11.6 Å². The predicted octanol–water partition coefficient (Wildman–Crippen LogP) is 2.73. The van der Waals surface area contributed by atoms with Gasteiger partial charge in [0.25, 0.3) is 0 Å². The number of ether oxygens (including phenoxy) is 1. The molecule has 0 atom stereocenters. The van der Waals surface area contributed by atoms with Crippen LogP contribution in [0, 0.1) is 18.3 Å². The third-order valence-electron chi connectivity index (χ3n) is 3.43. The molecule has 0 radical (unpaired) electrons. The van der Waals surface area contributed by atoms with Crippen molar-refractivity contribution in [2.24, 2.45) is 0 Å². The number of hydrogen-bond donors (Lipinski definition) is 0. The molecule has 1 fully saturated rings. The molecule has 3 heteroatoms. The van der Waals surface area contributed by atoms with Crippen LogP contribution in [0.3, 0.4) is 0 Å². The number of piperidine rings is 1. The summed E-state index contributed by atoms with van der Waals surface area (Å²) in [5.74, 6) is 0.839. The Morgan fingerprint density at radius 1 is 1.28 bits per heavy atom. The number of hydrogen-bond acceptors (Lipinski definition) is 3. The van der Waals surface area contributed by atoms with Gasteiger partial charge in [-0.1, -0.05) is 12.5 Å². The zero-order chi connectivity index (χ0) is 12.8. The Bertz CT molecular complexity index is 431. The summed E-state index contributed by atoms with van der Waals surface area (Å²) in [5.41, 5.74) is 1.75. The van der Waals surface area contributed by atoms with Crippen molar-refractivity contribution in [2.75, 3.05) is 26.2 Å². The third kappa shape index (κ3) is 3.48. The first-order valence-corrected chi connectivity index (χ1v) is 6.65. The number of rotatable bonds is 4. The van der Waals surface area contributed by atoms with Gasteiger partial charge >= 0.3 is 0 Å². The van der Waals surface area contributed by atoms with Crippen LogP contribution in [-0.2, 0) is 0 Å². The minimum atomic E-state index is 0.661. The summed E-state index contributed by atoms with van der Waals surface area (Å²) in [6.07, 6.45) is 3.98. The van der Waals surface area contributed by atoms with Crippen molar-refractivity contribution in [1.29, 1.82) is 5.26 Å². The molecule has 0 N–H and O–H groups in total. The molecule has 0 unspecified atom stereocenters. The lowest BCUT2D eigenvalue weighted by Gasteiger charge is -2.26. The van der Waals surface area contributed by atoms with Gasteiger partial charge in [-0.25, -0.2) is 0 Å². The summed E-state index contributed by atoms with van der Waals surface area (Å²) in [7, 11) is 0. The highest BCUT2D eigenvalue weighted by molar-refractivity contribution is 5.41. The van der Waals surface area contributed by atoms with Gasteiger partial charge in [0.15, 0.2) is 0 Å². The molecule has 1 aliphatic rings. The number of benzene rings is 1. The first-order chi connectivity index (χ1) is 8.79. The molecule has 96 valence electrons. The fraction of sp³-hybridized carbons (Fsp3) is 0.533. The maximum Gasteiger partial charge on any atom is 0.123 e. The van der Waals surface area contributed by atoms with Crippen LogP contribution >= 0.6 is 0 Å². The summed E-state index contributed by atoms with van der Waals surface area (Å²) in [4.78, 5) is 2.45. The molecule has 0 aliphatic carbocycles. The summed E-state index contributed by atoms with van der Waals surface area (Å²) in [5, 5.41) is 8.87. The largest absolute Gasteiger partial charge is 0.492 e. The van der Waals surface area contributed by atoms with Crippen LogP contribution in [0.25, 0.3) is 0 Å². The molecule has 1 aliphatic heterocycles. The molecule has 0 amide bonds. The van der Waals surface area contributed by atoms with E-state index in [1.165, 1.54) is 32.4 Å². The summed E-state index contributed by atoms with van der Waals surface area (Å²) >= 11 is 0. The van der Waals surface area contributed by atoms with E-state index in [4.69, 9.17) is 10.00 Å². The smallest absolute Gasteiger partial charge is 0.123 e. The van der Waals surface area contributed by atoms with Crippen molar-refractivity contribution in [1.82, 2.24) is 4.90 Å². The van der Waals surface area contributed by atoms with E-state index in [0.29, 0.717) is 12.2 Å². The molecule has 0 aromatic heterocycles. The maximum absolute atomic E-state index is 8.87. The standard InChI is InChI=1S/C15H20N2O/c1-13-5-6-14(12-16)11-15(13)18-10-9-17-7-3-2-4-8-17/h5-6,11H,2-4,7-10H2,1H3. The Labute approximate surface area is 109 Å². The first kappa shape index (κ1) is 12.9. The van der Waals surface area contributed by atoms with Crippen LogP contribution in [0.4, 0.5) is 0 Å². The molecule has 1 heterocycles. The second kappa shape index (κ2) is 6.42. The normalized spacial score (nSPS) is 16.2. The van der Waals surface area contributed by atoms with Gasteiger partial charge in [-0.05, 0) is 50.6 Å².